The van der Waals surface area contributed by atoms with Crippen LogP contribution < -0.4 is 9.62 Å². The van der Waals surface area contributed by atoms with Gasteiger partial charge in [-0.2, -0.15) is 0 Å². The van der Waals surface area contributed by atoms with Gasteiger partial charge in [-0.15, -0.1) is 0 Å². The summed E-state index contributed by atoms with van der Waals surface area (Å²) < 4.78 is 3.52. The van der Waals surface area contributed by atoms with E-state index in [1.165, 1.54) is 21.2 Å². The minimum atomic E-state index is -0.470. The van der Waals surface area contributed by atoms with Gasteiger partial charge in [0, 0.05) is 25.8 Å². The molecule has 30 heavy (non-hydrogen) atoms. The Bertz CT molecular complexity index is 984. The molecule has 1 fully saturated rings. The molecule has 0 radical (unpaired) electrons. The number of rotatable bonds is 4. The topological polar surface area (TPSA) is 35.5 Å². The summed E-state index contributed by atoms with van der Waals surface area (Å²) in [5, 5.41) is 12.1. The Morgan fingerprint density at radius 1 is 0.900 bits per heavy atom. The number of nitrogens with one attached hydrogen (secondary N) is 1. The molecule has 154 valence electrons. The van der Waals surface area contributed by atoms with Gasteiger partial charge in [0.1, 0.15) is 0 Å². The molecule has 2 N–H and O–H groups in total. The molecule has 0 amide bonds. The Hall–Kier alpha value is -1.63. The zero-order chi connectivity index (χ0) is 20.5. The molecule has 0 bridgehead atoms. The van der Waals surface area contributed by atoms with Crippen molar-refractivity contribution in [2.24, 2.45) is 0 Å². The van der Waals surface area contributed by atoms with Crippen molar-refractivity contribution in [3.05, 3.63) is 77.8 Å². The molecule has 0 aromatic heterocycles. The van der Waals surface area contributed by atoms with Gasteiger partial charge in [0.25, 0.3) is 0 Å². The Morgan fingerprint density at radius 2 is 1.53 bits per heavy atom. The maximum Gasteiger partial charge on any atom is 0.0909 e. The van der Waals surface area contributed by atoms with Crippen LogP contribution in [-0.4, -0.2) is 23.3 Å². The van der Waals surface area contributed by atoms with Gasteiger partial charge in [0.05, 0.1) is 23.5 Å². The highest BCUT2D eigenvalue weighted by Gasteiger charge is 2.39. The highest BCUT2D eigenvalue weighted by molar-refractivity contribution is 7.99. The van der Waals surface area contributed by atoms with E-state index in [0.717, 1.165) is 29.2 Å². The zero-order valence-electron chi connectivity index (χ0n) is 16.4. The van der Waals surface area contributed by atoms with E-state index in [-0.39, 0.29) is 12.1 Å². The SMILES string of the molecule is O[C@H]1[C@H](NSc2ccc(Cl)cc2)CCC[C@@H]1N1c2ccccc2Sc2ccccc21. The number of hydrogen-bond acceptors (Lipinski definition) is 5. The average Bonchev–Trinajstić information content (AvgIpc) is 2.78. The second kappa shape index (κ2) is 8.85. The van der Waals surface area contributed by atoms with Crippen molar-refractivity contribution in [1.29, 1.82) is 0 Å². The molecule has 3 atom stereocenters. The smallest absolute Gasteiger partial charge is 0.0909 e. The molecule has 1 aliphatic heterocycles. The fourth-order valence-electron chi connectivity index (χ4n) is 4.30. The second-order valence-corrected chi connectivity index (χ2v) is 10.1. The highest BCUT2D eigenvalue weighted by atomic mass is 35.5. The molecule has 3 nitrogen and oxygen atoms in total. The third kappa shape index (κ3) is 3.97. The summed E-state index contributed by atoms with van der Waals surface area (Å²) in [6, 6.07) is 24.9. The summed E-state index contributed by atoms with van der Waals surface area (Å²) in [5.74, 6) is 0. The Labute approximate surface area is 191 Å². The van der Waals surface area contributed by atoms with Gasteiger partial charge in [0.15, 0.2) is 0 Å². The van der Waals surface area contributed by atoms with E-state index in [2.05, 4.69) is 58.2 Å². The van der Waals surface area contributed by atoms with E-state index >= 15 is 0 Å². The first kappa shape index (κ1) is 20.3. The quantitative estimate of drug-likeness (QED) is 0.438. The summed E-state index contributed by atoms with van der Waals surface area (Å²) >= 11 is 9.37. The number of para-hydroxylation sites is 2. The van der Waals surface area contributed by atoms with Crippen LogP contribution in [0.5, 0.6) is 0 Å². The van der Waals surface area contributed by atoms with Crippen LogP contribution in [0.15, 0.2) is 87.5 Å². The van der Waals surface area contributed by atoms with Crippen LogP contribution in [-0.2, 0) is 0 Å². The van der Waals surface area contributed by atoms with Gasteiger partial charge in [0.2, 0.25) is 0 Å². The summed E-state index contributed by atoms with van der Waals surface area (Å²) in [6.45, 7) is 0. The maximum absolute atomic E-state index is 11.4. The Morgan fingerprint density at radius 3 is 2.20 bits per heavy atom. The molecule has 0 saturated heterocycles. The molecule has 6 heteroatoms. The van der Waals surface area contributed by atoms with Crippen molar-refractivity contribution in [2.75, 3.05) is 4.90 Å². The number of nitrogens with zero attached hydrogens (tertiary/aromatic N) is 1. The van der Waals surface area contributed by atoms with Crippen molar-refractivity contribution in [3.8, 4) is 0 Å². The summed E-state index contributed by atoms with van der Waals surface area (Å²) in [7, 11) is 0. The lowest BCUT2D eigenvalue weighted by atomic mass is 9.87. The molecular formula is C24H23ClN2OS2. The van der Waals surface area contributed by atoms with E-state index in [1.54, 1.807) is 11.9 Å². The van der Waals surface area contributed by atoms with Crippen LogP contribution in [0.3, 0.4) is 0 Å². The fourth-order valence-corrected chi connectivity index (χ4v) is 6.32. The number of fused-ring (bicyclic) bond motifs is 2. The summed E-state index contributed by atoms with van der Waals surface area (Å²) in [6.07, 6.45) is 2.54. The lowest BCUT2D eigenvalue weighted by Gasteiger charge is -2.45. The molecule has 1 heterocycles. The van der Waals surface area contributed by atoms with Crippen LogP contribution in [0.1, 0.15) is 19.3 Å². The number of hydrogen-bond donors (Lipinski definition) is 2. The summed E-state index contributed by atoms with van der Waals surface area (Å²) in [4.78, 5) is 5.95. The first-order chi connectivity index (χ1) is 14.7. The van der Waals surface area contributed by atoms with Gasteiger partial charge >= 0.3 is 0 Å². The van der Waals surface area contributed by atoms with Gasteiger partial charge in [-0.3, -0.25) is 4.72 Å². The molecule has 3 aromatic carbocycles. The minimum Gasteiger partial charge on any atom is -0.389 e. The first-order valence-electron chi connectivity index (χ1n) is 10.2. The van der Waals surface area contributed by atoms with Crippen molar-refractivity contribution < 1.29 is 5.11 Å². The van der Waals surface area contributed by atoms with Crippen molar-refractivity contribution in [3.63, 3.8) is 0 Å². The molecule has 1 aliphatic carbocycles. The van der Waals surface area contributed by atoms with Crippen molar-refractivity contribution in [1.82, 2.24) is 4.72 Å². The predicted octanol–water partition coefficient (Wildman–Crippen LogP) is 6.52. The third-order valence-corrected chi connectivity index (χ3v) is 8.08. The molecule has 1 saturated carbocycles. The average molecular weight is 455 g/mol. The van der Waals surface area contributed by atoms with E-state index in [1.807, 2.05) is 36.0 Å². The molecular weight excluding hydrogens is 432 g/mol. The number of benzene rings is 3. The number of halogens is 1. The van der Waals surface area contributed by atoms with Crippen molar-refractivity contribution >= 4 is 46.7 Å². The number of anilines is 2. The molecule has 0 spiro atoms. The molecule has 3 aromatic rings. The Kier molecular flexibility index (Phi) is 5.98. The first-order valence-corrected chi connectivity index (χ1v) is 12.2. The standard InChI is InChI=1S/C24H23ClN2OS2/c25-16-12-14-17(15-13-16)30-26-18-6-5-9-21(24(18)28)27-19-7-1-3-10-22(19)29-23-11-4-2-8-20(23)27/h1-4,7-8,10-15,18,21,24,26,28H,5-6,9H2/t18-,21+,24+/m1/s1. The van der Waals surface area contributed by atoms with Gasteiger partial charge in [-0.05, 0) is 79.7 Å². The lowest BCUT2D eigenvalue weighted by molar-refractivity contribution is 0.0821. The minimum absolute atomic E-state index is 0.0262. The van der Waals surface area contributed by atoms with Gasteiger partial charge in [-0.1, -0.05) is 47.6 Å². The van der Waals surface area contributed by atoms with E-state index < -0.39 is 6.10 Å². The maximum atomic E-state index is 11.4. The normalized spacial score (nSPS) is 23.0. The number of aliphatic hydroxyl groups is 1. The molecule has 0 unspecified atom stereocenters. The molecule has 2 aliphatic rings. The zero-order valence-corrected chi connectivity index (χ0v) is 18.8. The van der Waals surface area contributed by atoms with Crippen LogP contribution in [0.25, 0.3) is 0 Å². The monoisotopic (exact) mass is 454 g/mol. The van der Waals surface area contributed by atoms with Crippen LogP contribution in [0.4, 0.5) is 11.4 Å². The fraction of sp³-hybridized carbons (Fsp3) is 0.250. The van der Waals surface area contributed by atoms with Gasteiger partial charge < -0.3 is 10.0 Å². The predicted molar refractivity (Wildman–Crippen MR) is 127 cm³/mol. The van der Waals surface area contributed by atoms with E-state index in [9.17, 15) is 5.11 Å². The van der Waals surface area contributed by atoms with Crippen LogP contribution in [0.2, 0.25) is 5.02 Å². The second-order valence-electron chi connectivity index (χ2n) is 7.68. The van der Waals surface area contributed by atoms with Crippen molar-refractivity contribution in [2.45, 2.75) is 52.1 Å². The summed E-state index contributed by atoms with van der Waals surface area (Å²) in [5.41, 5.74) is 2.38. The van der Waals surface area contributed by atoms with Crippen LogP contribution in [0, 0.1) is 0 Å². The Balaban J connectivity index is 1.40. The van der Waals surface area contributed by atoms with Gasteiger partial charge in [-0.25, -0.2) is 0 Å². The molecule has 5 rings (SSSR count). The lowest BCUT2D eigenvalue weighted by Crippen LogP contribution is -2.53. The van der Waals surface area contributed by atoms with E-state index in [4.69, 9.17) is 11.6 Å². The largest absolute Gasteiger partial charge is 0.389 e. The van der Waals surface area contributed by atoms with Crippen LogP contribution >= 0.6 is 35.3 Å². The van der Waals surface area contributed by atoms with E-state index in [0.29, 0.717) is 0 Å². The number of aliphatic hydroxyl groups excluding tert-OH is 1. The highest BCUT2D eigenvalue weighted by Crippen LogP contribution is 2.50. The third-order valence-electron chi connectivity index (χ3n) is 5.76.